The minimum atomic E-state index is -2.58. The van der Waals surface area contributed by atoms with Gasteiger partial charge in [0.2, 0.25) is 11.8 Å². The minimum Gasteiger partial charge on any atom is -0.367 e. The largest absolute Gasteiger partial charge is 0.367 e. The summed E-state index contributed by atoms with van der Waals surface area (Å²) in [4.78, 5) is 14.8. The fraction of sp³-hybridized carbons (Fsp3) is 0.435. The molecule has 6 heteroatoms. The molecule has 2 aliphatic rings. The Hall–Kier alpha value is -1.95. The number of aryl methyl sites for hydroxylation is 1. The molecule has 2 aromatic carbocycles. The van der Waals surface area contributed by atoms with E-state index in [0.29, 0.717) is 0 Å². The van der Waals surface area contributed by atoms with E-state index in [1.54, 1.807) is 0 Å². The number of rotatable bonds is 4. The molecule has 3 nitrogen and oxygen atoms in total. The van der Waals surface area contributed by atoms with Crippen LogP contribution in [0, 0.1) is 19.8 Å². The van der Waals surface area contributed by atoms with Crippen LogP contribution in [0.4, 0.5) is 20.2 Å². The van der Waals surface area contributed by atoms with Crippen LogP contribution in [0.25, 0.3) is 0 Å². The number of hydrogen-bond acceptors (Lipinski definition) is 2. The highest BCUT2D eigenvalue weighted by Gasteiger charge is 2.45. The van der Waals surface area contributed by atoms with E-state index >= 15 is 0 Å². The van der Waals surface area contributed by atoms with Crippen LogP contribution >= 0.6 is 15.9 Å². The molecule has 1 amide bonds. The summed E-state index contributed by atoms with van der Waals surface area (Å²) < 4.78 is 27.1. The summed E-state index contributed by atoms with van der Waals surface area (Å²) in [6, 6.07) is 10.5. The molecule has 1 aliphatic heterocycles. The van der Waals surface area contributed by atoms with Gasteiger partial charge in [0.25, 0.3) is 0 Å². The van der Waals surface area contributed by atoms with Crippen molar-refractivity contribution in [2.45, 2.75) is 52.0 Å². The second-order valence-corrected chi connectivity index (χ2v) is 9.28. The van der Waals surface area contributed by atoms with Crippen molar-refractivity contribution in [1.29, 1.82) is 0 Å². The van der Waals surface area contributed by atoms with E-state index in [2.05, 4.69) is 56.5 Å². The molecule has 0 atom stereocenters. The van der Waals surface area contributed by atoms with E-state index in [-0.39, 0.29) is 31.1 Å². The zero-order valence-corrected chi connectivity index (χ0v) is 18.3. The molecule has 2 aromatic rings. The number of benzene rings is 2. The molecule has 1 aliphatic carbocycles. The SMILES string of the molecule is Cc1cc2c(c(C)c1NC(=O)CC1CC(F)(F)C1)CCN(c1ccc(Br)cc1)C2. The molecule has 0 saturated heterocycles. The number of carbonyl (C=O) groups excluding carboxylic acids is 1. The predicted molar refractivity (Wildman–Crippen MR) is 116 cm³/mol. The number of hydrogen-bond donors (Lipinski definition) is 1. The summed E-state index contributed by atoms with van der Waals surface area (Å²) in [5, 5.41) is 3.00. The number of nitrogens with one attached hydrogen (secondary N) is 1. The quantitative estimate of drug-likeness (QED) is 0.603. The summed E-state index contributed by atoms with van der Waals surface area (Å²) >= 11 is 3.48. The third kappa shape index (κ3) is 4.32. The predicted octanol–water partition coefficient (Wildman–Crippen LogP) is 6.00. The molecule has 0 spiro atoms. The maximum Gasteiger partial charge on any atom is 0.248 e. The highest BCUT2D eigenvalue weighted by Crippen LogP contribution is 2.44. The van der Waals surface area contributed by atoms with Crippen LogP contribution in [-0.4, -0.2) is 18.4 Å². The molecule has 0 bridgehead atoms. The molecular formula is C23H25BrF2N2O. The van der Waals surface area contributed by atoms with E-state index < -0.39 is 5.92 Å². The Bertz CT molecular complexity index is 935. The standard InChI is InChI=1S/C23H25BrF2N2O/c1-14-9-17-13-28(19-5-3-18(24)4-6-19)8-7-20(17)15(2)22(14)27-21(29)10-16-11-23(25,26)12-16/h3-6,9,16H,7-8,10-13H2,1-2H3,(H,27,29). The van der Waals surface area contributed by atoms with Crippen molar-refractivity contribution in [3.05, 3.63) is 57.1 Å². The van der Waals surface area contributed by atoms with Crippen LogP contribution < -0.4 is 10.2 Å². The summed E-state index contributed by atoms with van der Waals surface area (Å²) in [5.41, 5.74) is 6.73. The molecule has 0 aromatic heterocycles. The zero-order valence-electron chi connectivity index (χ0n) is 16.7. The lowest BCUT2D eigenvalue weighted by atomic mass is 9.79. The number of alkyl halides is 2. The average molecular weight is 463 g/mol. The number of anilines is 2. The molecule has 1 fully saturated rings. The van der Waals surface area contributed by atoms with Crippen molar-refractivity contribution < 1.29 is 13.6 Å². The number of fused-ring (bicyclic) bond motifs is 1. The lowest BCUT2D eigenvalue weighted by Crippen LogP contribution is -2.37. The van der Waals surface area contributed by atoms with E-state index in [9.17, 15) is 13.6 Å². The van der Waals surface area contributed by atoms with Gasteiger partial charge in [0.05, 0.1) is 0 Å². The molecule has 4 rings (SSSR count). The van der Waals surface area contributed by atoms with Crippen molar-refractivity contribution in [2.24, 2.45) is 5.92 Å². The average Bonchev–Trinajstić information content (AvgIpc) is 2.64. The van der Waals surface area contributed by atoms with Crippen LogP contribution in [0.3, 0.4) is 0 Å². The molecule has 0 radical (unpaired) electrons. The van der Waals surface area contributed by atoms with Crippen LogP contribution in [-0.2, 0) is 17.8 Å². The topological polar surface area (TPSA) is 32.3 Å². The third-order valence-electron chi connectivity index (χ3n) is 6.10. The minimum absolute atomic E-state index is 0.163. The fourth-order valence-corrected chi connectivity index (χ4v) is 4.84. The Morgan fingerprint density at radius 1 is 1.24 bits per heavy atom. The first-order valence-electron chi connectivity index (χ1n) is 10.0. The Morgan fingerprint density at radius 2 is 1.93 bits per heavy atom. The van der Waals surface area contributed by atoms with E-state index in [1.807, 2.05) is 13.8 Å². The number of carbonyl (C=O) groups is 1. The Labute approximate surface area is 178 Å². The Balaban J connectivity index is 1.48. The number of amides is 1. The Morgan fingerprint density at radius 3 is 2.59 bits per heavy atom. The molecule has 1 heterocycles. The van der Waals surface area contributed by atoms with Gasteiger partial charge in [0.15, 0.2) is 0 Å². The lowest BCUT2D eigenvalue weighted by molar-refractivity contribution is -0.129. The zero-order chi connectivity index (χ0) is 20.8. The van der Waals surface area contributed by atoms with Gasteiger partial charge in [-0.3, -0.25) is 4.79 Å². The molecule has 29 heavy (non-hydrogen) atoms. The van der Waals surface area contributed by atoms with Crippen molar-refractivity contribution >= 4 is 33.2 Å². The number of halogens is 3. The second-order valence-electron chi connectivity index (χ2n) is 8.36. The molecular weight excluding hydrogens is 438 g/mol. The molecule has 1 N–H and O–H groups in total. The van der Waals surface area contributed by atoms with Crippen LogP contribution in [0.1, 0.15) is 41.5 Å². The lowest BCUT2D eigenvalue weighted by Gasteiger charge is -2.35. The Kier molecular flexibility index (Phi) is 5.40. The normalized spacial score (nSPS) is 18.2. The van der Waals surface area contributed by atoms with Gasteiger partial charge in [-0.05, 0) is 72.7 Å². The maximum atomic E-state index is 13.0. The summed E-state index contributed by atoms with van der Waals surface area (Å²) in [6.07, 6.45) is 0.737. The van der Waals surface area contributed by atoms with E-state index in [0.717, 1.165) is 40.8 Å². The molecule has 0 unspecified atom stereocenters. The van der Waals surface area contributed by atoms with Gasteiger partial charge in [-0.25, -0.2) is 8.78 Å². The first kappa shape index (κ1) is 20.3. The smallest absolute Gasteiger partial charge is 0.248 e. The third-order valence-corrected chi connectivity index (χ3v) is 6.63. The summed E-state index contributed by atoms with van der Waals surface area (Å²) in [5.74, 6) is -2.95. The van der Waals surface area contributed by atoms with Gasteiger partial charge in [-0.1, -0.05) is 22.0 Å². The fourth-order valence-electron chi connectivity index (χ4n) is 4.58. The van der Waals surface area contributed by atoms with E-state index in [1.165, 1.54) is 16.8 Å². The van der Waals surface area contributed by atoms with Crippen molar-refractivity contribution in [3.8, 4) is 0 Å². The second kappa shape index (κ2) is 7.71. The summed E-state index contributed by atoms with van der Waals surface area (Å²) in [7, 11) is 0. The van der Waals surface area contributed by atoms with Gasteiger partial charge < -0.3 is 10.2 Å². The highest BCUT2D eigenvalue weighted by atomic mass is 79.9. The van der Waals surface area contributed by atoms with Crippen molar-refractivity contribution in [1.82, 2.24) is 0 Å². The first-order chi connectivity index (χ1) is 13.7. The van der Waals surface area contributed by atoms with Crippen molar-refractivity contribution in [3.63, 3.8) is 0 Å². The van der Waals surface area contributed by atoms with Gasteiger partial charge >= 0.3 is 0 Å². The molecule has 1 saturated carbocycles. The maximum absolute atomic E-state index is 13.0. The van der Waals surface area contributed by atoms with Crippen LogP contribution in [0.2, 0.25) is 0 Å². The van der Waals surface area contributed by atoms with Gasteiger partial charge in [-0.15, -0.1) is 0 Å². The summed E-state index contributed by atoms with van der Waals surface area (Å²) in [6.45, 7) is 5.81. The monoisotopic (exact) mass is 462 g/mol. The van der Waals surface area contributed by atoms with Gasteiger partial charge in [0, 0.05) is 48.2 Å². The van der Waals surface area contributed by atoms with Crippen LogP contribution in [0.5, 0.6) is 0 Å². The highest BCUT2D eigenvalue weighted by molar-refractivity contribution is 9.10. The van der Waals surface area contributed by atoms with Gasteiger partial charge in [0.1, 0.15) is 0 Å². The number of nitrogens with zero attached hydrogens (tertiary/aromatic N) is 1. The van der Waals surface area contributed by atoms with E-state index in [4.69, 9.17) is 0 Å². The first-order valence-corrected chi connectivity index (χ1v) is 10.8. The van der Waals surface area contributed by atoms with Crippen LogP contribution in [0.15, 0.2) is 34.8 Å². The van der Waals surface area contributed by atoms with Crippen molar-refractivity contribution in [2.75, 3.05) is 16.8 Å². The molecule has 154 valence electrons. The van der Waals surface area contributed by atoms with Gasteiger partial charge in [-0.2, -0.15) is 0 Å².